The zero-order valence-electron chi connectivity index (χ0n) is 20.0. The van der Waals surface area contributed by atoms with Crippen molar-refractivity contribution in [3.05, 3.63) is 106 Å². The van der Waals surface area contributed by atoms with Crippen LogP contribution in [-0.2, 0) is 14.3 Å². The van der Waals surface area contributed by atoms with Crippen molar-refractivity contribution in [3.8, 4) is 0 Å². The van der Waals surface area contributed by atoms with Crippen molar-refractivity contribution in [2.75, 3.05) is 5.32 Å². The summed E-state index contributed by atoms with van der Waals surface area (Å²) in [6, 6.07) is 21.6. The normalized spacial score (nSPS) is 11.6. The summed E-state index contributed by atoms with van der Waals surface area (Å²) in [4.78, 5) is 43.0. The van der Waals surface area contributed by atoms with E-state index in [2.05, 4.69) is 26.2 Å². The van der Waals surface area contributed by atoms with Gasteiger partial charge in [-0.3, -0.25) is 19.4 Å². The third-order valence-corrected chi connectivity index (χ3v) is 6.62. The minimum atomic E-state index is -1.09. The molecule has 0 radical (unpaired) electrons. The van der Waals surface area contributed by atoms with Crippen LogP contribution < -0.4 is 5.32 Å². The molecule has 3 aromatic carbocycles. The maximum absolute atomic E-state index is 13.3. The number of hydrogen-bond donors (Lipinski definition) is 1. The highest BCUT2D eigenvalue weighted by molar-refractivity contribution is 9.10. The van der Waals surface area contributed by atoms with E-state index < -0.39 is 12.1 Å². The lowest BCUT2D eigenvalue weighted by Crippen LogP contribution is -2.21. The lowest BCUT2D eigenvalue weighted by molar-refractivity contribution is -0.148. The molecule has 1 atom stereocenters. The van der Waals surface area contributed by atoms with Crippen LogP contribution in [0.4, 0.5) is 5.69 Å². The van der Waals surface area contributed by atoms with Crippen LogP contribution in [0, 0.1) is 13.8 Å². The van der Waals surface area contributed by atoms with E-state index in [1.54, 1.807) is 48.7 Å². The first-order valence-electron chi connectivity index (χ1n) is 11.5. The van der Waals surface area contributed by atoms with E-state index in [9.17, 15) is 14.4 Å². The Labute approximate surface area is 217 Å². The third kappa shape index (κ3) is 5.86. The molecule has 1 N–H and O–H groups in total. The molecule has 0 unspecified atom stereocenters. The van der Waals surface area contributed by atoms with Gasteiger partial charge in [0.15, 0.2) is 6.10 Å². The quantitative estimate of drug-likeness (QED) is 0.202. The second kappa shape index (κ2) is 11.3. The maximum Gasteiger partial charge on any atom is 0.307 e. The van der Waals surface area contributed by atoms with Gasteiger partial charge in [0.1, 0.15) is 0 Å². The first kappa shape index (κ1) is 25.3. The Morgan fingerprint density at radius 1 is 0.917 bits per heavy atom. The summed E-state index contributed by atoms with van der Waals surface area (Å²) < 4.78 is 6.49. The Morgan fingerprint density at radius 3 is 2.44 bits per heavy atom. The van der Waals surface area contributed by atoms with Gasteiger partial charge in [-0.25, -0.2) is 0 Å². The second-order valence-electron chi connectivity index (χ2n) is 8.49. The Balaban J connectivity index is 1.44. The molecule has 36 heavy (non-hydrogen) atoms. The van der Waals surface area contributed by atoms with E-state index in [-0.39, 0.29) is 24.5 Å². The van der Waals surface area contributed by atoms with Gasteiger partial charge in [-0.1, -0.05) is 64.5 Å². The fourth-order valence-electron chi connectivity index (χ4n) is 3.80. The number of hydrogen-bond acceptors (Lipinski definition) is 5. The predicted molar refractivity (Wildman–Crippen MR) is 143 cm³/mol. The molecule has 0 aliphatic heterocycles. The molecule has 0 aliphatic rings. The van der Waals surface area contributed by atoms with E-state index in [4.69, 9.17) is 4.74 Å². The maximum atomic E-state index is 13.3. The number of carbonyl (C=O) groups excluding carboxylic acids is 3. The number of aryl methyl sites for hydroxylation is 2. The zero-order chi connectivity index (χ0) is 25.7. The van der Waals surface area contributed by atoms with E-state index in [0.717, 1.165) is 21.0 Å². The summed E-state index contributed by atoms with van der Waals surface area (Å²) in [5.41, 5.74) is 4.29. The fraction of sp³-hybridized carbons (Fsp3) is 0.172. The van der Waals surface area contributed by atoms with Crippen LogP contribution >= 0.6 is 15.9 Å². The minimum absolute atomic E-state index is 0.0947. The van der Waals surface area contributed by atoms with E-state index in [1.807, 2.05) is 44.2 Å². The van der Waals surface area contributed by atoms with Gasteiger partial charge in [0.2, 0.25) is 11.7 Å². The number of ether oxygens (including phenoxy) is 1. The number of anilines is 1. The summed E-state index contributed by atoms with van der Waals surface area (Å²) in [7, 11) is 0. The van der Waals surface area contributed by atoms with Crippen molar-refractivity contribution < 1.29 is 19.1 Å². The molecule has 1 heterocycles. The molecule has 6 nitrogen and oxygen atoms in total. The van der Waals surface area contributed by atoms with Crippen molar-refractivity contribution in [2.24, 2.45) is 0 Å². The van der Waals surface area contributed by atoms with Crippen molar-refractivity contribution >= 4 is 50.2 Å². The predicted octanol–water partition coefficient (Wildman–Crippen LogP) is 6.50. The summed E-state index contributed by atoms with van der Waals surface area (Å²) >= 11 is 3.48. The number of carbonyl (C=O) groups is 3. The molecule has 0 aliphatic carbocycles. The molecule has 0 saturated carbocycles. The van der Waals surface area contributed by atoms with Crippen molar-refractivity contribution in [2.45, 2.75) is 32.8 Å². The minimum Gasteiger partial charge on any atom is -0.449 e. The number of halogens is 1. The fourth-order valence-corrected chi connectivity index (χ4v) is 4.26. The smallest absolute Gasteiger partial charge is 0.307 e. The second-order valence-corrected chi connectivity index (χ2v) is 9.34. The average molecular weight is 545 g/mol. The highest BCUT2D eigenvalue weighted by Crippen LogP contribution is 2.29. The SMILES string of the molecule is Cc1ccc(C(=O)[C@@H](OC(=O)CCC(=O)Nc2ccc(Br)c3cccnc23)c2ccccc2)cc1C. The number of pyridine rings is 1. The van der Waals surface area contributed by atoms with Gasteiger partial charge in [-0.15, -0.1) is 0 Å². The van der Waals surface area contributed by atoms with Crippen LogP contribution in [0.3, 0.4) is 0 Å². The van der Waals surface area contributed by atoms with Crippen LogP contribution in [0.1, 0.15) is 46.0 Å². The van der Waals surface area contributed by atoms with E-state index in [1.165, 1.54) is 0 Å². The van der Waals surface area contributed by atoms with Crippen molar-refractivity contribution in [1.82, 2.24) is 4.98 Å². The average Bonchev–Trinajstić information content (AvgIpc) is 2.89. The van der Waals surface area contributed by atoms with Gasteiger partial charge < -0.3 is 10.1 Å². The molecule has 4 rings (SSSR count). The van der Waals surface area contributed by atoms with E-state index >= 15 is 0 Å². The van der Waals surface area contributed by atoms with Crippen LogP contribution in [0.15, 0.2) is 83.5 Å². The molecular weight excluding hydrogens is 520 g/mol. The summed E-state index contributed by atoms with van der Waals surface area (Å²) in [6.07, 6.45) is 0.293. The Morgan fingerprint density at radius 2 is 1.69 bits per heavy atom. The number of rotatable bonds is 8. The van der Waals surface area contributed by atoms with Gasteiger partial charge in [0.25, 0.3) is 0 Å². The molecule has 0 fully saturated rings. The summed E-state index contributed by atoms with van der Waals surface area (Å²) in [5.74, 6) is -1.29. The number of amides is 1. The van der Waals surface area contributed by atoms with Gasteiger partial charge in [-0.2, -0.15) is 0 Å². The number of aromatic nitrogens is 1. The molecule has 0 bridgehead atoms. The van der Waals surface area contributed by atoms with Crippen LogP contribution in [-0.4, -0.2) is 22.6 Å². The van der Waals surface area contributed by atoms with Crippen molar-refractivity contribution in [3.63, 3.8) is 0 Å². The molecular formula is C29H25BrN2O4. The van der Waals surface area contributed by atoms with Crippen LogP contribution in [0.5, 0.6) is 0 Å². The standard InChI is InChI=1S/C29H25BrN2O4/c1-18-10-11-21(17-19(18)2)28(35)29(20-7-4-3-5-8-20)36-26(34)15-14-25(33)32-24-13-12-23(30)22-9-6-16-31-27(22)24/h3-13,16-17,29H,14-15H2,1-2H3,(H,32,33)/t29-/m0/s1. The Bertz CT molecular complexity index is 1440. The van der Waals surface area contributed by atoms with E-state index in [0.29, 0.717) is 22.3 Å². The first-order valence-corrected chi connectivity index (χ1v) is 12.3. The lowest BCUT2D eigenvalue weighted by Gasteiger charge is -2.18. The summed E-state index contributed by atoms with van der Waals surface area (Å²) in [6.45, 7) is 3.90. The van der Waals surface area contributed by atoms with Gasteiger partial charge >= 0.3 is 5.97 Å². The Kier molecular flexibility index (Phi) is 7.90. The number of nitrogens with zero attached hydrogens (tertiary/aromatic N) is 1. The third-order valence-electron chi connectivity index (χ3n) is 5.93. The van der Waals surface area contributed by atoms with Crippen LogP contribution in [0.25, 0.3) is 10.9 Å². The number of fused-ring (bicyclic) bond motifs is 1. The highest BCUT2D eigenvalue weighted by atomic mass is 79.9. The monoisotopic (exact) mass is 544 g/mol. The molecule has 1 amide bonds. The lowest BCUT2D eigenvalue weighted by atomic mass is 9.97. The number of Topliss-reactive ketones (excluding diaryl/α,β-unsaturated/α-hetero) is 1. The number of esters is 1. The van der Waals surface area contributed by atoms with Gasteiger partial charge in [0, 0.05) is 33.6 Å². The molecule has 4 aromatic rings. The topological polar surface area (TPSA) is 85.4 Å². The zero-order valence-corrected chi connectivity index (χ0v) is 21.5. The van der Waals surface area contributed by atoms with Crippen molar-refractivity contribution in [1.29, 1.82) is 0 Å². The molecule has 0 saturated heterocycles. The molecule has 1 aromatic heterocycles. The van der Waals surface area contributed by atoms with Crippen LogP contribution in [0.2, 0.25) is 0 Å². The Hall–Kier alpha value is -3.84. The number of nitrogens with one attached hydrogen (secondary N) is 1. The van der Waals surface area contributed by atoms with Gasteiger partial charge in [0.05, 0.1) is 17.6 Å². The molecule has 182 valence electrons. The highest BCUT2D eigenvalue weighted by Gasteiger charge is 2.26. The summed E-state index contributed by atoms with van der Waals surface area (Å²) in [5, 5.41) is 3.68. The van der Waals surface area contributed by atoms with Gasteiger partial charge in [-0.05, 0) is 49.2 Å². The first-order chi connectivity index (χ1) is 17.3. The largest absolute Gasteiger partial charge is 0.449 e. The number of benzene rings is 3. The number of ketones is 1. The molecule has 0 spiro atoms. The molecule has 7 heteroatoms.